The van der Waals surface area contributed by atoms with Crippen LogP contribution in [0.3, 0.4) is 0 Å². The van der Waals surface area contributed by atoms with Gasteiger partial charge in [0.1, 0.15) is 6.54 Å². The van der Waals surface area contributed by atoms with Gasteiger partial charge in [-0.1, -0.05) is 12.1 Å². The van der Waals surface area contributed by atoms with E-state index in [4.69, 9.17) is 5.73 Å². The van der Waals surface area contributed by atoms with E-state index in [1.165, 1.54) is 28.9 Å². The Hall–Kier alpha value is -2.04. The number of carbonyl (C=O) groups is 1. The van der Waals surface area contributed by atoms with Crippen LogP contribution in [0.15, 0.2) is 23.2 Å². The second-order valence-corrected chi connectivity index (χ2v) is 5.26. The zero-order valence-electron chi connectivity index (χ0n) is 12.1. The van der Waals surface area contributed by atoms with E-state index < -0.39 is 0 Å². The molecule has 0 fully saturated rings. The van der Waals surface area contributed by atoms with E-state index in [0.717, 1.165) is 18.5 Å². The highest BCUT2D eigenvalue weighted by Gasteiger charge is 2.13. The lowest BCUT2D eigenvalue weighted by Gasteiger charge is -2.19. The van der Waals surface area contributed by atoms with Crippen LogP contribution in [0.2, 0.25) is 0 Å². The molecular formula is C15H22N4O. The summed E-state index contributed by atoms with van der Waals surface area (Å²) in [6.07, 6.45) is 4.66. The van der Waals surface area contributed by atoms with E-state index in [9.17, 15) is 4.79 Å². The zero-order chi connectivity index (χ0) is 14.5. The van der Waals surface area contributed by atoms with Gasteiger partial charge in [0.05, 0.1) is 0 Å². The Morgan fingerprint density at radius 1 is 1.35 bits per heavy atom. The minimum Gasteiger partial charge on any atom is -0.370 e. The Kier molecular flexibility index (Phi) is 4.61. The van der Waals surface area contributed by atoms with Crippen LogP contribution >= 0.6 is 0 Å². The zero-order valence-corrected chi connectivity index (χ0v) is 12.1. The molecule has 2 rings (SSSR count). The number of carbonyl (C=O) groups excluding carboxylic acids is 1. The number of nitrogens with one attached hydrogen (secondary N) is 1. The molecule has 0 aromatic heterocycles. The molecule has 0 radical (unpaired) electrons. The average Bonchev–Trinajstić information content (AvgIpc) is 2.45. The molecule has 1 aliphatic carbocycles. The van der Waals surface area contributed by atoms with Gasteiger partial charge in [-0.2, -0.15) is 0 Å². The smallest absolute Gasteiger partial charge is 0.243 e. The molecule has 0 saturated carbocycles. The van der Waals surface area contributed by atoms with Crippen molar-refractivity contribution in [2.24, 2.45) is 10.7 Å². The molecule has 0 bridgehead atoms. The van der Waals surface area contributed by atoms with Gasteiger partial charge in [0.25, 0.3) is 0 Å². The Labute approximate surface area is 119 Å². The molecular weight excluding hydrogens is 252 g/mol. The van der Waals surface area contributed by atoms with Crippen LogP contribution < -0.4 is 11.1 Å². The second kappa shape index (κ2) is 6.41. The van der Waals surface area contributed by atoms with Crippen LogP contribution in [0.4, 0.5) is 5.69 Å². The van der Waals surface area contributed by atoms with Gasteiger partial charge in [0.2, 0.25) is 5.91 Å². The first-order valence-corrected chi connectivity index (χ1v) is 6.96. The van der Waals surface area contributed by atoms with E-state index in [2.05, 4.69) is 16.4 Å². The number of benzene rings is 1. The topological polar surface area (TPSA) is 70.7 Å². The number of hydrogen-bond acceptors (Lipinski definition) is 2. The van der Waals surface area contributed by atoms with Gasteiger partial charge in [0.15, 0.2) is 5.96 Å². The van der Waals surface area contributed by atoms with E-state index >= 15 is 0 Å². The Bertz CT molecular complexity index is 523. The Morgan fingerprint density at radius 2 is 2.10 bits per heavy atom. The van der Waals surface area contributed by atoms with E-state index in [-0.39, 0.29) is 12.5 Å². The SMILES string of the molecule is CN(C)C(=O)CN=C(N)Nc1cccc2c1CCCC2. The number of anilines is 1. The third kappa shape index (κ3) is 3.50. The summed E-state index contributed by atoms with van der Waals surface area (Å²) in [7, 11) is 3.41. The molecule has 1 amide bonds. The molecule has 3 N–H and O–H groups in total. The van der Waals surface area contributed by atoms with Crippen molar-refractivity contribution in [2.75, 3.05) is 26.0 Å². The van der Waals surface area contributed by atoms with E-state index in [1.54, 1.807) is 14.1 Å². The van der Waals surface area contributed by atoms with Crippen LogP contribution in [-0.2, 0) is 17.6 Å². The Morgan fingerprint density at radius 3 is 2.85 bits per heavy atom. The summed E-state index contributed by atoms with van der Waals surface area (Å²) in [5, 5.41) is 3.12. The average molecular weight is 274 g/mol. The fourth-order valence-electron chi connectivity index (χ4n) is 2.37. The van der Waals surface area contributed by atoms with Crippen molar-refractivity contribution in [2.45, 2.75) is 25.7 Å². The van der Waals surface area contributed by atoms with Crippen molar-refractivity contribution < 1.29 is 4.79 Å². The van der Waals surface area contributed by atoms with Crippen LogP contribution in [0.5, 0.6) is 0 Å². The highest BCUT2D eigenvalue weighted by Crippen LogP contribution is 2.27. The predicted octanol–water partition coefficient (Wildman–Crippen LogP) is 1.38. The molecule has 108 valence electrons. The van der Waals surface area contributed by atoms with Crippen molar-refractivity contribution in [3.05, 3.63) is 29.3 Å². The molecule has 0 atom stereocenters. The maximum absolute atomic E-state index is 11.5. The third-order valence-corrected chi connectivity index (χ3v) is 3.54. The quantitative estimate of drug-likeness (QED) is 0.646. The minimum absolute atomic E-state index is 0.0650. The van der Waals surface area contributed by atoms with Crippen molar-refractivity contribution >= 4 is 17.6 Å². The summed E-state index contributed by atoms with van der Waals surface area (Å²) in [5.74, 6) is 0.226. The normalized spacial score (nSPS) is 14.6. The van der Waals surface area contributed by atoms with Crippen molar-refractivity contribution in [3.8, 4) is 0 Å². The molecule has 5 heteroatoms. The van der Waals surface area contributed by atoms with Crippen molar-refractivity contribution in [1.29, 1.82) is 0 Å². The Balaban J connectivity index is 2.06. The number of nitrogens with two attached hydrogens (primary N) is 1. The van der Waals surface area contributed by atoms with Gasteiger partial charge in [-0.05, 0) is 42.9 Å². The highest BCUT2D eigenvalue weighted by molar-refractivity contribution is 5.94. The molecule has 0 unspecified atom stereocenters. The lowest BCUT2D eigenvalue weighted by atomic mass is 9.90. The second-order valence-electron chi connectivity index (χ2n) is 5.26. The standard InChI is InChI=1S/C15H22N4O/c1-19(2)14(20)10-17-15(16)18-13-9-5-7-11-6-3-4-8-12(11)13/h5,7,9H,3-4,6,8,10H2,1-2H3,(H3,16,17,18). The maximum Gasteiger partial charge on any atom is 0.243 e. The summed E-state index contributed by atoms with van der Waals surface area (Å²) in [6.45, 7) is 0.0703. The van der Waals surface area contributed by atoms with Crippen LogP contribution in [0.25, 0.3) is 0 Å². The van der Waals surface area contributed by atoms with Crippen molar-refractivity contribution in [1.82, 2.24) is 4.90 Å². The lowest BCUT2D eigenvalue weighted by Crippen LogP contribution is -2.28. The summed E-state index contributed by atoms with van der Waals surface area (Å²) < 4.78 is 0. The number of nitrogens with zero attached hydrogens (tertiary/aromatic N) is 2. The van der Waals surface area contributed by atoms with Gasteiger partial charge >= 0.3 is 0 Å². The van der Waals surface area contributed by atoms with Gasteiger partial charge in [-0.25, -0.2) is 4.99 Å². The molecule has 0 aliphatic heterocycles. The fourth-order valence-corrected chi connectivity index (χ4v) is 2.37. The summed E-state index contributed by atoms with van der Waals surface area (Å²) in [6, 6.07) is 6.22. The fraction of sp³-hybridized carbons (Fsp3) is 0.467. The highest BCUT2D eigenvalue weighted by atomic mass is 16.2. The monoisotopic (exact) mass is 274 g/mol. The largest absolute Gasteiger partial charge is 0.370 e. The molecule has 1 aliphatic rings. The van der Waals surface area contributed by atoms with Crippen LogP contribution in [-0.4, -0.2) is 37.4 Å². The summed E-state index contributed by atoms with van der Waals surface area (Å²) >= 11 is 0. The molecule has 20 heavy (non-hydrogen) atoms. The lowest BCUT2D eigenvalue weighted by molar-refractivity contribution is -0.127. The van der Waals surface area contributed by atoms with Gasteiger partial charge < -0.3 is 16.0 Å². The minimum atomic E-state index is -0.0650. The number of aryl methyl sites for hydroxylation is 1. The predicted molar refractivity (Wildman–Crippen MR) is 81.9 cm³/mol. The number of amides is 1. The number of hydrogen-bond donors (Lipinski definition) is 2. The first-order chi connectivity index (χ1) is 9.58. The first kappa shape index (κ1) is 14.4. The van der Waals surface area contributed by atoms with Gasteiger partial charge in [-0.3, -0.25) is 4.79 Å². The maximum atomic E-state index is 11.5. The number of fused-ring (bicyclic) bond motifs is 1. The van der Waals surface area contributed by atoms with E-state index in [0.29, 0.717) is 5.96 Å². The molecule has 0 spiro atoms. The number of rotatable bonds is 3. The van der Waals surface area contributed by atoms with Crippen LogP contribution in [0.1, 0.15) is 24.0 Å². The number of likely N-dealkylation sites (N-methyl/N-ethyl adjacent to an activating group) is 1. The number of guanidine groups is 1. The van der Waals surface area contributed by atoms with E-state index in [1.807, 2.05) is 12.1 Å². The van der Waals surface area contributed by atoms with Gasteiger partial charge in [-0.15, -0.1) is 0 Å². The molecule has 1 aromatic carbocycles. The molecule has 0 heterocycles. The molecule has 0 saturated heterocycles. The van der Waals surface area contributed by atoms with Crippen LogP contribution in [0, 0.1) is 0 Å². The third-order valence-electron chi connectivity index (χ3n) is 3.54. The first-order valence-electron chi connectivity index (χ1n) is 6.96. The van der Waals surface area contributed by atoms with Crippen molar-refractivity contribution in [3.63, 3.8) is 0 Å². The summed E-state index contributed by atoms with van der Waals surface area (Å²) in [4.78, 5) is 17.1. The molecule has 1 aromatic rings. The van der Waals surface area contributed by atoms with Gasteiger partial charge in [0, 0.05) is 19.8 Å². The molecule has 5 nitrogen and oxygen atoms in total. The number of aliphatic imine (C=N–C) groups is 1. The summed E-state index contributed by atoms with van der Waals surface area (Å²) in [5.41, 5.74) is 9.59.